The summed E-state index contributed by atoms with van der Waals surface area (Å²) >= 11 is 0. The van der Waals surface area contributed by atoms with Crippen molar-refractivity contribution in [1.29, 1.82) is 0 Å². The number of aryl methyl sites for hydroxylation is 3. The molecular weight excluding hydrogens is 346 g/mol. The minimum Gasteiger partial charge on any atom is -0.344 e. The first-order chi connectivity index (χ1) is 12.9. The number of aromatic nitrogens is 6. The second-order valence-corrected chi connectivity index (χ2v) is 6.52. The summed E-state index contributed by atoms with van der Waals surface area (Å²) in [5.41, 5.74) is 3.57. The van der Waals surface area contributed by atoms with E-state index in [0.29, 0.717) is 28.1 Å². The van der Waals surface area contributed by atoms with E-state index in [0.717, 1.165) is 11.3 Å². The Hall–Kier alpha value is -3.49. The van der Waals surface area contributed by atoms with Gasteiger partial charge in [-0.25, -0.2) is 4.98 Å². The number of carbonyl (C=O) groups excluding carboxylic acids is 1. The molecule has 0 aromatic carbocycles. The average Bonchev–Trinajstić information content (AvgIpc) is 3.35. The Labute approximate surface area is 155 Å². The maximum Gasteiger partial charge on any atom is 0.259 e. The number of pyridine rings is 1. The van der Waals surface area contributed by atoms with Gasteiger partial charge in [-0.05, 0) is 26.0 Å². The van der Waals surface area contributed by atoms with E-state index in [9.17, 15) is 4.79 Å². The van der Waals surface area contributed by atoms with Crippen molar-refractivity contribution >= 4 is 17.0 Å². The summed E-state index contributed by atoms with van der Waals surface area (Å²) in [6.45, 7) is 3.68. The third-order valence-corrected chi connectivity index (χ3v) is 4.39. The number of hydrogen-bond acceptors (Lipinski definition) is 6. The highest BCUT2D eigenvalue weighted by atomic mass is 16.5. The fourth-order valence-electron chi connectivity index (χ4n) is 2.99. The Balaban J connectivity index is 1.74. The molecule has 4 aromatic heterocycles. The number of nitrogens with zero attached hydrogens (tertiary/aromatic N) is 6. The molecule has 0 aliphatic heterocycles. The molecule has 0 radical (unpaired) electrons. The number of nitrogens with one attached hydrogen (secondary N) is 1. The van der Waals surface area contributed by atoms with Crippen LogP contribution in [0.4, 0.5) is 0 Å². The molecule has 4 heterocycles. The van der Waals surface area contributed by atoms with Gasteiger partial charge in [0.2, 0.25) is 0 Å². The van der Waals surface area contributed by atoms with E-state index in [4.69, 9.17) is 4.52 Å². The van der Waals surface area contributed by atoms with Crippen LogP contribution in [0.25, 0.3) is 22.4 Å². The number of fused-ring (bicyclic) bond motifs is 1. The van der Waals surface area contributed by atoms with Crippen LogP contribution in [-0.2, 0) is 14.1 Å². The minimum absolute atomic E-state index is 0.239. The van der Waals surface area contributed by atoms with Gasteiger partial charge in [0.15, 0.2) is 0 Å². The van der Waals surface area contributed by atoms with Crippen LogP contribution in [0.15, 0.2) is 35.2 Å². The highest BCUT2D eigenvalue weighted by Crippen LogP contribution is 2.27. The number of rotatable bonds is 4. The first-order valence-corrected chi connectivity index (χ1v) is 8.49. The second kappa shape index (κ2) is 6.35. The van der Waals surface area contributed by atoms with Gasteiger partial charge in [-0.2, -0.15) is 10.2 Å². The molecular formula is C18H19N7O2. The van der Waals surface area contributed by atoms with E-state index >= 15 is 0 Å². The van der Waals surface area contributed by atoms with Crippen molar-refractivity contribution in [2.75, 3.05) is 0 Å². The SMILES string of the molecule is Cc1noc2nc(-c3cnn(C)c3)cc(C(=O)N[C@@H](C)c3ccn(C)n3)c12. The van der Waals surface area contributed by atoms with Gasteiger partial charge in [0.1, 0.15) is 0 Å². The normalized spacial score (nSPS) is 12.4. The molecule has 1 N–H and O–H groups in total. The average molecular weight is 365 g/mol. The molecule has 0 unspecified atom stereocenters. The van der Waals surface area contributed by atoms with Crippen LogP contribution in [-0.4, -0.2) is 35.6 Å². The van der Waals surface area contributed by atoms with Gasteiger partial charge in [0, 0.05) is 32.1 Å². The lowest BCUT2D eigenvalue weighted by Gasteiger charge is -2.12. The summed E-state index contributed by atoms with van der Waals surface area (Å²) in [5.74, 6) is -0.239. The maximum atomic E-state index is 13.0. The maximum absolute atomic E-state index is 13.0. The molecule has 9 heteroatoms. The molecule has 0 fully saturated rings. The van der Waals surface area contributed by atoms with Crippen LogP contribution < -0.4 is 5.32 Å². The summed E-state index contributed by atoms with van der Waals surface area (Å²) < 4.78 is 8.70. The van der Waals surface area contributed by atoms with E-state index in [2.05, 4.69) is 25.7 Å². The van der Waals surface area contributed by atoms with Crippen molar-refractivity contribution in [3.05, 3.63) is 47.7 Å². The first kappa shape index (κ1) is 17.0. The second-order valence-electron chi connectivity index (χ2n) is 6.52. The Bertz CT molecular complexity index is 1140. The molecule has 0 bridgehead atoms. The van der Waals surface area contributed by atoms with Crippen LogP contribution in [0.5, 0.6) is 0 Å². The van der Waals surface area contributed by atoms with Crippen molar-refractivity contribution in [2.45, 2.75) is 19.9 Å². The molecule has 0 aliphatic rings. The number of amides is 1. The van der Waals surface area contributed by atoms with E-state index in [1.54, 1.807) is 28.6 Å². The van der Waals surface area contributed by atoms with E-state index in [1.165, 1.54) is 0 Å². The zero-order valence-corrected chi connectivity index (χ0v) is 15.5. The molecule has 27 heavy (non-hydrogen) atoms. The summed E-state index contributed by atoms with van der Waals surface area (Å²) in [4.78, 5) is 17.5. The fourth-order valence-corrected chi connectivity index (χ4v) is 2.99. The van der Waals surface area contributed by atoms with Gasteiger partial charge in [-0.3, -0.25) is 14.2 Å². The van der Waals surface area contributed by atoms with E-state index in [1.807, 2.05) is 39.5 Å². The molecule has 1 amide bonds. The molecule has 0 saturated heterocycles. The van der Waals surface area contributed by atoms with Crippen LogP contribution in [0.3, 0.4) is 0 Å². The molecule has 0 saturated carbocycles. The number of carbonyl (C=O) groups is 1. The van der Waals surface area contributed by atoms with Gasteiger partial charge in [0.05, 0.1) is 40.3 Å². The van der Waals surface area contributed by atoms with Gasteiger partial charge < -0.3 is 9.84 Å². The monoisotopic (exact) mass is 365 g/mol. The quantitative estimate of drug-likeness (QED) is 0.594. The minimum atomic E-state index is -0.246. The summed E-state index contributed by atoms with van der Waals surface area (Å²) in [6, 6.07) is 3.37. The van der Waals surface area contributed by atoms with Crippen molar-refractivity contribution in [3.8, 4) is 11.3 Å². The van der Waals surface area contributed by atoms with Crippen LogP contribution >= 0.6 is 0 Å². The van der Waals surface area contributed by atoms with Crippen LogP contribution in [0, 0.1) is 6.92 Å². The zero-order valence-electron chi connectivity index (χ0n) is 15.5. The number of hydrogen-bond donors (Lipinski definition) is 1. The Kier molecular flexibility index (Phi) is 3.98. The van der Waals surface area contributed by atoms with Gasteiger partial charge in [-0.15, -0.1) is 0 Å². The first-order valence-electron chi connectivity index (χ1n) is 8.49. The fraction of sp³-hybridized carbons (Fsp3) is 0.278. The lowest BCUT2D eigenvalue weighted by Crippen LogP contribution is -2.27. The van der Waals surface area contributed by atoms with Crippen LogP contribution in [0.1, 0.15) is 34.7 Å². The molecule has 1 atom stereocenters. The van der Waals surface area contributed by atoms with Gasteiger partial charge >= 0.3 is 0 Å². The van der Waals surface area contributed by atoms with Gasteiger partial charge in [0.25, 0.3) is 11.6 Å². The molecule has 138 valence electrons. The highest BCUT2D eigenvalue weighted by molar-refractivity contribution is 6.07. The summed E-state index contributed by atoms with van der Waals surface area (Å²) in [7, 11) is 3.66. The molecule has 4 aromatic rings. The van der Waals surface area contributed by atoms with Crippen molar-refractivity contribution in [2.24, 2.45) is 14.1 Å². The third kappa shape index (κ3) is 3.07. The van der Waals surface area contributed by atoms with Crippen molar-refractivity contribution in [1.82, 2.24) is 35.0 Å². The predicted octanol–water partition coefficient (Wildman–Crippen LogP) is 2.16. The molecule has 0 spiro atoms. The van der Waals surface area contributed by atoms with Crippen molar-refractivity contribution in [3.63, 3.8) is 0 Å². The molecule has 4 rings (SSSR count). The Morgan fingerprint density at radius 1 is 1.30 bits per heavy atom. The zero-order chi connectivity index (χ0) is 19.1. The van der Waals surface area contributed by atoms with E-state index in [-0.39, 0.29) is 11.9 Å². The smallest absolute Gasteiger partial charge is 0.259 e. The topological polar surface area (TPSA) is 104 Å². The Morgan fingerprint density at radius 3 is 2.78 bits per heavy atom. The predicted molar refractivity (Wildman–Crippen MR) is 97.8 cm³/mol. The standard InChI is InChI=1S/C18H19N7O2/c1-10(14-5-6-24(3)22-14)20-17(26)13-7-15(12-8-19-25(4)9-12)21-18-16(13)11(2)23-27-18/h5-10H,1-4H3,(H,20,26)/t10-/m0/s1. The lowest BCUT2D eigenvalue weighted by atomic mass is 10.1. The summed E-state index contributed by atoms with van der Waals surface area (Å²) in [6.07, 6.45) is 5.36. The highest BCUT2D eigenvalue weighted by Gasteiger charge is 2.21. The largest absolute Gasteiger partial charge is 0.344 e. The Morgan fingerprint density at radius 2 is 2.11 bits per heavy atom. The molecule has 9 nitrogen and oxygen atoms in total. The summed E-state index contributed by atoms with van der Waals surface area (Å²) in [5, 5.41) is 16.1. The van der Waals surface area contributed by atoms with E-state index < -0.39 is 0 Å². The lowest BCUT2D eigenvalue weighted by molar-refractivity contribution is 0.0940. The van der Waals surface area contributed by atoms with Crippen LogP contribution in [0.2, 0.25) is 0 Å². The van der Waals surface area contributed by atoms with Crippen molar-refractivity contribution < 1.29 is 9.32 Å². The third-order valence-electron chi connectivity index (χ3n) is 4.39. The van der Waals surface area contributed by atoms with Gasteiger partial charge in [-0.1, -0.05) is 5.16 Å². The molecule has 0 aliphatic carbocycles.